The van der Waals surface area contributed by atoms with Crippen LogP contribution in [-0.2, 0) is 19.5 Å². The van der Waals surface area contributed by atoms with E-state index in [9.17, 15) is 14.3 Å². The number of carboxylic acids is 1. The molecule has 0 spiro atoms. The van der Waals surface area contributed by atoms with Gasteiger partial charge in [-0.05, 0) is 47.4 Å². The van der Waals surface area contributed by atoms with E-state index >= 15 is 0 Å². The quantitative estimate of drug-likeness (QED) is 0.300. The lowest BCUT2D eigenvalue weighted by atomic mass is 10.0. The number of pyridine rings is 1. The lowest BCUT2D eigenvalue weighted by Crippen LogP contribution is -2.35. The second-order valence-electron chi connectivity index (χ2n) is 8.34. The molecule has 0 amide bonds. The van der Waals surface area contributed by atoms with Gasteiger partial charge in [0.2, 0.25) is 0 Å². The number of benzene rings is 3. The second-order valence-corrected chi connectivity index (χ2v) is 8.34. The molecule has 0 aliphatic carbocycles. The molecule has 4 nitrogen and oxygen atoms in total. The Morgan fingerprint density at radius 3 is 2.06 bits per heavy atom. The van der Waals surface area contributed by atoms with Crippen molar-refractivity contribution in [3.05, 3.63) is 143 Å². The first-order valence-corrected chi connectivity index (χ1v) is 11.5. The van der Waals surface area contributed by atoms with Crippen LogP contribution in [-0.4, -0.2) is 27.0 Å². The highest BCUT2D eigenvalue weighted by Crippen LogP contribution is 2.21. The Hall–Kier alpha value is -4.09. The van der Waals surface area contributed by atoms with Crippen LogP contribution >= 0.6 is 0 Å². The number of nitrogens with zero attached hydrogens (tertiary/aromatic N) is 2. The number of rotatable bonds is 10. The molecule has 1 aromatic heterocycles. The zero-order chi connectivity index (χ0) is 24.5. The van der Waals surface area contributed by atoms with Gasteiger partial charge in [0.25, 0.3) is 0 Å². The van der Waals surface area contributed by atoms with E-state index in [0.717, 1.165) is 11.1 Å². The summed E-state index contributed by atoms with van der Waals surface area (Å²) >= 11 is 0. The third-order valence-corrected chi connectivity index (χ3v) is 5.86. The van der Waals surface area contributed by atoms with Crippen LogP contribution in [0.1, 0.15) is 32.7 Å². The van der Waals surface area contributed by atoms with Crippen molar-refractivity contribution in [2.24, 2.45) is 0 Å². The standard InChI is InChI=1S/C30H27FN2O2/c31-28-16-8-7-14-25(28)20-26(17-18-29-27(30(34)35)15-9-19-32-29)33(21-23-10-3-1-4-11-23)22-24-12-5-2-6-13-24/h1-19,26H,20-22H2,(H,34,35)/t26-/m0/s1. The van der Waals surface area contributed by atoms with Crippen molar-refractivity contribution in [3.63, 3.8) is 0 Å². The predicted octanol–water partition coefficient (Wildman–Crippen LogP) is 6.25. The Morgan fingerprint density at radius 2 is 1.46 bits per heavy atom. The molecular weight excluding hydrogens is 439 g/mol. The highest BCUT2D eigenvalue weighted by molar-refractivity contribution is 5.91. The maximum atomic E-state index is 14.7. The van der Waals surface area contributed by atoms with Crippen LogP contribution in [0.25, 0.3) is 6.08 Å². The molecule has 0 saturated heterocycles. The minimum absolute atomic E-state index is 0.131. The number of hydrogen-bond acceptors (Lipinski definition) is 3. The smallest absolute Gasteiger partial charge is 0.337 e. The largest absolute Gasteiger partial charge is 0.478 e. The van der Waals surface area contributed by atoms with Gasteiger partial charge in [0, 0.05) is 25.3 Å². The topological polar surface area (TPSA) is 53.4 Å². The van der Waals surface area contributed by atoms with Crippen LogP contribution < -0.4 is 0 Å². The molecule has 4 aromatic rings. The first-order chi connectivity index (χ1) is 17.1. The molecule has 0 aliphatic rings. The first-order valence-electron chi connectivity index (χ1n) is 11.5. The third-order valence-electron chi connectivity index (χ3n) is 5.86. The van der Waals surface area contributed by atoms with E-state index in [1.807, 2.05) is 48.5 Å². The molecule has 0 saturated carbocycles. The summed E-state index contributed by atoms with van der Waals surface area (Å²) in [6.45, 7) is 1.29. The Bertz CT molecular complexity index is 1230. The van der Waals surface area contributed by atoms with Crippen molar-refractivity contribution in [3.8, 4) is 0 Å². The lowest BCUT2D eigenvalue weighted by molar-refractivity contribution is 0.0696. The fraction of sp³-hybridized carbons (Fsp3) is 0.133. The summed E-state index contributed by atoms with van der Waals surface area (Å²) in [5.41, 5.74) is 3.38. The Balaban J connectivity index is 1.73. The van der Waals surface area contributed by atoms with E-state index in [1.54, 1.807) is 30.5 Å². The maximum Gasteiger partial charge on any atom is 0.337 e. The molecule has 35 heavy (non-hydrogen) atoms. The maximum absolute atomic E-state index is 14.7. The molecule has 0 fully saturated rings. The van der Waals surface area contributed by atoms with E-state index in [4.69, 9.17) is 0 Å². The Morgan fingerprint density at radius 1 is 0.857 bits per heavy atom. The van der Waals surface area contributed by atoms with Gasteiger partial charge in [0.15, 0.2) is 0 Å². The fourth-order valence-electron chi connectivity index (χ4n) is 4.07. The molecule has 1 atom stereocenters. The molecule has 1 N–H and O–H groups in total. The molecule has 176 valence electrons. The molecular formula is C30H27FN2O2. The van der Waals surface area contributed by atoms with E-state index in [-0.39, 0.29) is 17.4 Å². The minimum Gasteiger partial charge on any atom is -0.478 e. The number of halogens is 1. The summed E-state index contributed by atoms with van der Waals surface area (Å²) in [4.78, 5) is 18.2. The number of carbonyl (C=O) groups is 1. The van der Waals surface area contributed by atoms with Gasteiger partial charge in [0.1, 0.15) is 5.82 Å². The fourth-order valence-corrected chi connectivity index (χ4v) is 4.07. The summed E-state index contributed by atoms with van der Waals surface area (Å²) in [7, 11) is 0. The molecule has 1 heterocycles. The molecule has 0 radical (unpaired) electrons. The van der Waals surface area contributed by atoms with Crippen molar-refractivity contribution in [1.82, 2.24) is 9.88 Å². The van der Waals surface area contributed by atoms with E-state index < -0.39 is 5.97 Å². The zero-order valence-corrected chi connectivity index (χ0v) is 19.3. The predicted molar refractivity (Wildman–Crippen MR) is 136 cm³/mol. The summed E-state index contributed by atoms with van der Waals surface area (Å²) in [6, 6.07) is 30.0. The average molecular weight is 467 g/mol. The van der Waals surface area contributed by atoms with Crippen molar-refractivity contribution in [1.29, 1.82) is 0 Å². The molecule has 4 rings (SSSR count). The van der Waals surface area contributed by atoms with Crippen LogP contribution in [0.5, 0.6) is 0 Å². The number of hydrogen-bond donors (Lipinski definition) is 1. The van der Waals surface area contributed by atoms with Crippen molar-refractivity contribution in [2.45, 2.75) is 25.6 Å². The van der Waals surface area contributed by atoms with Gasteiger partial charge < -0.3 is 5.11 Å². The third kappa shape index (κ3) is 6.71. The van der Waals surface area contributed by atoms with Crippen LogP contribution in [0.4, 0.5) is 4.39 Å². The Kier molecular flexibility index (Phi) is 8.15. The zero-order valence-electron chi connectivity index (χ0n) is 19.3. The first kappa shape index (κ1) is 24.0. The highest BCUT2D eigenvalue weighted by Gasteiger charge is 2.20. The van der Waals surface area contributed by atoms with Crippen molar-refractivity contribution < 1.29 is 14.3 Å². The normalized spacial score (nSPS) is 12.2. The summed E-state index contributed by atoms with van der Waals surface area (Å²) in [5.74, 6) is -1.29. The minimum atomic E-state index is -1.03. The summed E-state index contributed by atoms with van der Waals surface area (Å²) in [6.07, 6.45) is 5.67. The molecule has 3 aromatic carbocycles. The van der Waals surface area contributed by atoms with Crippen LogP contribution in [0, 0.1) is 5.82 Å². The van der Waals surface area contributed by atoms with Gasteiger partial charge in [-0.1, -0.05) is 84.9 Å². The van der Waals surface area contributed by atoms with Gasteiger partial charge in [0.05, 0.1) is 11.3 Å². The van der Waals surface area contributed by atoms with Crippen LogP contribution in [0.3, 0.4) is 0 Å². The lowest BCUT2D eigenvalue weighted by Gasteiger charge is -2.30. The van der Waals surface area contributed by atoms with Crippen LogP contribution in [0.2, 0.25) is 0 Å². The molecule has 5 heteroatoms. The van der Waals surface area contributed by atoms with Crippen LogP contribution in [0.15, 0.2) is 109 Å². The molecule has 0 bridgehead atoms. The Labute approximate surface area is 205 Å². The summed E-state index contributed by atoms with van der Waals surface area (Å²) in [5, 5.41) is 9.57. The van der Waals surface area contributed by atoms with Gasteiger partial charge >= 0.3 is 5.97 Å². The number of aromatic nitrogens is 1. The second kappa shape index (κ2) is 11.9. The van der Waals surface area contributed by atoms with Gasteiger partial charge in [-0.2, -0.15) is 0 Å². The van der Waals surface area contributed by atoms with Gasteiger partial charge in [-0.15, -0.1) is 0 Å². The van der Waals surface area contributed by atoms with Crippen molar-refractivity contribution in [2.75, 3.05) is 0 Å². The highest BCUT2D eigenvalue weighted by atomic mass is 19.1. The summed E-state index contributed by atoms with van der Waals surface area (Å²) < 4.78 is 14.7. The van der Waals surface area contributed by atoms with E-state index in [1.165, 1.54) is 12.1 Å². The van der Waals surface area contributed by atoms with Gasteiger partial charge in [-0.3, -0.25) is 9.88 Å². The van der Waals surface area contributed by atoms with Gasteiger partial charge in [-0.25, -0.2) is 9.18 Å². The monoisotopic (exact) mass is 466 g/mol. The average Bonchev–Trinajstić information content (AvgIpc) is 2.88. The molecule has 0 aliphatic heterocycles. The number of carboxylic acid groups (broad SMARTS) is 1. The number of aromatic carboxylic acids is 1. The molecule has 0 unspecified atom stereocenters. The SMILES string of the molecule is O=C(O)c1cccnc1C=C[C@@H](Cc1ccccc1F)N(Cc1ccccc1)Cc1ccccc1. The van der Waals surface area contributed by atoms with Crippen molar-refractivity contribution >= 4 is 12.0 Å². The van der Waals surface area contributed by atoms with E-state index in [0.29, 0.717) is 30.8 Å². The van der Waals surface area contributed by atoms with E-state index in [2.05, 4.69) is 34.1 Å².